The van der Waals surface area contributed by atoms with Gasteiger partial charge in [-0.3, -0.25) is 4.79 Å². The molecule has 2 heterocycles. The first-order valence-corrected chi connectivity index (χ1v) is 15.3. The SMILES string of the molecule is Cc1cc(C2=C(c3cc(/C(=C\C=C4/C(=O)C=Cc5ccccc54)c4ccccc4)sc3C)C(F)(F)C(F)(F)C2(F)F)c(C)s1. The van der Waals surface area contributed by atoms with E-state index >= 15 is 17.6 Å². The van der Waals surface area contributed by atoms with Crippen LogP contribution in [0.1, 0.15) is 47.3 Å². The first-order valence-electron chi connectivity index (χ1n) is 13.6. The Bertz CT molecular complexity index is 1940. The van der Waals surface area contributed by atoms with Gasteiger partial charge in [0.1, 0.15) is 0 Å². The van der Waals surface area contributed by atoms with Gasteiger partial charge in [0.25, 0.3) is 0 Å². The van der Waals surface area contributed by atoms with Gasteiger partial charge >= 0.3 is 17.8 Å². The molecule has 2 aromatic carbocycles. The predicted molar refractivity (Wildman–Crippen MR) is 166 cm³/mol. The van der Waals surface area contributed by atoms with E-state index in [0.29, 0.717) is 26.5 Å². The van der Waals surface area contributed by atoms with Gasteiger partial charge in [-0.05, 0) is 78.4 Å². The van der Waals surface area contributed by atoms with Crippen LogP contribution in [0.25, 0.3) is 28.4 Å². The third-order valence-electron chi connectivity index (χ3n) is 7.86. The summed E-state index contributed by atoms with van der Waals surface area (Å²) in [5, 5.41) is 0. The van der Waals surface area contributed by atoms with Crippen LogP contribution in [0, 0.1) is 20.8 Å². The number of ketones is 1. The van der Waals surface area contributed by atoms with Crippen LogP contribution in [0.2, 0.25) is 0 Å². The van der Waals surface area contributed by atoms with Gasteiger partial charge in [-0.25, -0.2) is 0 Å². The minimum atomic E-state index is -5.63. The van der Waals surface area contributed by atoms with Gasteiger partial charge in [-0.1, -0.05) is 66.7 Å². The summed E-state index contributed by atoms with van der Waals surface area (Å²) in [4.78, 5) is 14.2. The van der Waals surface area contributed by atoms with Crippen LogP contribution in [0.3, 0.4) is 0 Å². The summed E-state index contributed by atoms with van der Waals surface area (Å²) in [5.74, 6) is -16.1. The Kier molecular flexibility index (Phi) is 7.25. The highest BCUT2D eigenvalue weighted by Gasteiger charge is 2.80. The summed E-state index contributed by atoms with van der Waals surface area (Å²) < 4.78 is 91.9. The molecule has 9 heteroatoms. The number of carbonyl (C=O) groups excluding carboxylic acids is 1. The highest BCUT2D eigenvalue weighted by atomic mass is 32.1. The molecule has 0 spiro atoms. The number of halogens is 6. The van der Waals surface area contributed by atoms with Crippen LogP contribution >= 0.6 is 22.7 Å². The van der Waals surface area contributed by atoms with Crippen LogP contribution in [0.5, 0.6) is 0 Å². The average Bonchev–Trinajstić information content (AvgIpc) is 3.55. The number of alkyl halides is 6. The van der Waals surface area contributed by atoms with Gasteiger partial charge in [-0.2, -0.15) is 26.3 Å². The quantitative estimate of drug-likeness (QED) is 0.157. The molecule has 0 N–H and O–H groups in total. The number of fused-ring (bicyclic) bond motifs is 1. The van der Waals surface area contributed by atoms with Crippen molar-refractivity contribution in [3.63, 3.8) is 0 Å². The molecule has 0 saturated heterocycles. The van der Waals surface area contributed by atoms with Crippen molar-refractivity contribution in [1.82, 2.24) is 0 Å². The molecule has 0 bridgehead atoms. The Hall–Kier alpha value is -3.95. The van der Waals surface area contributed by atoms with Gasteiger partial charge < -0.3 is 0 Å². The van der Waals surface area contributed by atoms with Crippen molar-refractivity contribution < 1.29 is 31.1 Å². The normalized spacial score (nSPS) is 19.6. The van der Waals surface area contributed by atoms with Crippen LogP contribution in [0.4, 0.5) is 26.3 Å². The number of carbonyl (C=O) groups is 1. The van der Waals surface area contributed by atoms with E-state index in [4.69, 9.17) is 0 Å². The summed E-state index contributed by atoms with van der Waals surface area (Å²) in [6, 6.07) is 18.8. The zero-order valence-corrected chi connectivity index (χ0v) is 25.3. The summed E-state index contributed by atoms with van der Waals surface area (Å²) in [6.45, 7) is 4.52. The van der Waals surface area contributed by atoms with Crippen molar-refractivity contribution in [3.8, 4) is 0 Å². The maximum atomic E-state index is 15.6. The van der Waals surface area contributed by atoms with E-state index in [1.54, 1.807) is 55.5 Å². The first kappa shape index (κ1) is 30.1. The number of hydrogen-bond acceptors (Lipinski definition) is 3. The highest BCUT2D eigenvalue weighted by Crippen LogP contribution is 2.66. The number of allylic oxidation sites excluding steroid dienone is 6. The van der Waals surface area contributed by atoms with E-state index in [9.17, 15) is 13.6 Å². The second-order valence-corrected chi connectivity index (χ2v) is 13.4. The Labute approximate surface area is 258 Å². The van der Waals surface area contributed by atoms with Crippen molar-refractivity contribution in [2.45, 2.75) is 38.5 Å². The van der Waals surface area contributed by atoms with E-state index in [1.165, 1.54) is 32.1 Å². The lowest BCUT2D eigenvalue weighted by molar-refractivity contribution is -0.254. The molecule has 224 valence electrons. The summed E-state index contributed by atoms with van der Waals surface area (Å²) in [7, 11) is 0. The van der Waals surface area contributed by atoms with E-state index in [1.807, 2.05) is 24.3 Å². The number of thiophene rings is 2. The fraction of sp³-hybridized carbons (Fsp3) is 0.171. The molecular formula is C35H24F6OS2. The molecule has 0 aliphatic heterocycles. The van der Waals surface area contributed by atoms with Gasteiger partial charge in [0.05, 0.1) is 0 Å². The predicted octanol–water partition coefficient (Wildman–Crippen LogP) is 10.7. The third-order valence-corrected chi connectivity index (χ3v) is 9.91. The number of hydrogen-bond donors (Lipinski definition) is 0. The standard InChI is InChI=1S/C35H24F6OS2/c1-19-17-27(20(2)43-19)31-32(34(38,39)35(40,41)33(31,36)37)28-18-30(44-21(28)3)25(22-9-5-4-6-10-22)14-15-26-24-12-8-7-11-23(24)13-16-29(26)42/h4-18H,1-3H3/b25-14-,26-15-. The lowest BCUT2D eigenvalue weighted by atomic mass is 9.90. The molecule has 44 heavy (non-hydrogen) atoms. The Balaban J connectivity index is 1.58. The van der Waals surface area contributed by atoms with E-state index in [0.717, 1.165) is 33.8 Å². The fourth-order valence-electron chi connectivity index (χ4n) is 5.73. The molecular weight excluding hydrogens is 615 g/mol. The van der Waals surface area contributed by atoms with Gasteiger partial charge in [0.2, 0.25) is 0 Å². The van der Waals surface area contributed by atoms with E-state index < -0.39 is 28.9 Å². The second kappa shape index (κ2) is 10.6. The molecule has 0 radical (unpaired) electrons. The molecule has 0 unspecified atom stereocenters. The van der Waals surface area contributed by atoms with E-state index in [-0.39, 0.29) is 26.7 Å². The molecule has 2 aliphatic carbocycles. The maximum Gasteiger partial charge on any atom is 0.380 e. The van der Waals surface area contributed by atoms with Crippen LogP contribution in [-0.4, -0.2) is 23.6 Å². The van der Waals surface area contributed by atoms with Crippen molar-refractivity contribution in [3.05, 3.63) is 132 Å². The van der Waals surface area contributed by atoms with E-state index in [2.05, 4.69) is 0 Å². The molecule has 2 aliphatic rings. The van der Waals surface area contributed by atoms with Crippen LogP contribution in [0.15, 0.2) is 85.0 Å². The zero-order valence-electron chi connectivity index (χ0n) is 23.7. The fourth-order valence-corrected chi connectivity index (χ4v) is 7.73. The number of benzene rings is 2. The largest absolute Gasteiger partial charge is 0.380 e. The smallest absolute Gasteiger partial charge is 0.289 e. The third kappa shape index (κ3) is 4.56. The zero-order chi connectivity index (χ0) is 31.6. The van der Waals surface area contributed by atoms with Crippen molar-refractivity contribution in [1.29, 1.82) is 0 Å². The minimum absolute atomic E-state index is 0.182. The lowest BCUT2D eigenvalue weighted by Crippen LogP contribution is -2.48. The number of rotatable bonds is 5. The molecule has 0 atom stereocenters. The molecule has 0 saturated carbocycles. The minimum Gasteiger partial charge on any atom is -0.289 e. The second-order valence-electron chi connectivity index (χ2n) is 10.7. The van der Waals surface area contributed by atoms with Gasteiger partial charge in [0.15, 0.2) is 5.78 Å². The van der Waals surface area contributed by atoms with Gasteiger partial charge in [-0.15, -0.1) is 22.7 Å². The topological polar surface area (TPSA) is 17.1 Å². The molecule has 0 amide bonds. The summed E-state index contributed by atoms with van der Waals surface area (Å²) >= 11 is 2.11. The molecule has 0 fully saturated rings. The molecule has 2 aromatic heterocycles. The monoisotopic (exact) mass is 638 g/mol. The van der Waals surface area contributed by atoms with Crippen molar-refractivity contribution in [2.75, 3.05) is 0 Å². The van der Waals surface area contributed by atoms with Crippen LogP contribution in [-0.2, 0) is 4.79 Å². The summed E-state index contributed by atoms with van der Waals surface area (Å²) in [5.41, 5.74) is -0.197. The average molecular weight is 639 g/mol. The molecule has 1 nitrogen and oxygen atoms in total. The van der Waals surface area contributed by atoms with Crippen LogP contribution < -0.4 is 0 Å². The Morgan fingerprint density at radius 2 is 1.30 bits per heavy atom. The van der Waals surface area contributed by atoms with Crippen molar-refractivity contribution in [2.24, 2.45) is 0 Å². The van der Waals surface area contributed by atoms with Gasteiger partial charge in [0, 0.05) is 36.2 Å². The first-order chi connectivity index (χ1) is 20.8. The molecule has 6 rings (SSSR count). The molecule has 4 aromatic rings. The maximum absolute atomic E-state index is 15.6. The lowest BCUT2D eigenvalue weighted by Gasteiger charge is -2.25. The Morgan fingerprint density at radius 3 is 1.93 bits per heavy atom. The number of aryl methyl sites for hydroxylation is 3. The Morgan fingerprint density at radius 1 is 0.705 bits per heavy atom. The highest BCUT2D eigenvalue weighted by molar-refractivity contribution is 7.13. The summed E-state index contributed by atoms with van der Waals surface area (Å²) in [6.07, 6.45) is 6.49. The van der Waals surface area contributed by atoms with Crippen molar-refractivity contribution >= 4 is 56.8 Å².